The molecule has 0 spiro atoms. The Kier molecular flexibility index (Phi) is 3.71. The van der Waals surface area contributed by atoms with Crippen LogP contribution in [0.4, 0.5) is 5.69 Å². The van der Waals surface area contributed by atoms with Crippen LogP contribution < -0.4 is 5.32 Å². The van der Waals surface area contributed by atoms with Gasteiger partial charge in [-0.3, -0.25) is 4.79 Å². The molecule has 1 aliphatic rings. The van der Waals surface area contributed by atoms with E-state index in [2.05, 4.69) is 18.3 Å². The zero-order chi connectivity index (χ0) is 13.2. The molecule has 1 heterocycles. The van der Waals surface area contributed by atoms with Crippen molar-refractivity contribution in [1.82, 2.24) is 0 Å². The lowest BCUT2D eigenvalue weighted by atomic mass is 9.82. The largest absolute Gasteiger partial charge is 0.379 e. The van der Waals surface area contributed by atoms with E-state index in [1.807, 2.05) is 26.0 Å². The summed E-state index contributed by atoms with van der Waals surface area (Å²) in [6, 6.07) is 6.13. The number of carbonyl (C=O) groups excluding carboxylic acids is 1. The van der Waals surface area contributed by atoms with Crippen LogP contribution in [0.1, 0.15) is 31.4 Å². The molecule has 98 valence electrons. The number of hydrogen-bond donors (Lipinski definition) is 1. The standard InChI is InChI=1S/C15H21NO2/c1-4-12-8-6-7-11(3)13(12)16-14(17)15(5-2)9-18-10-15/h6-8H,4-5,9-10H2,1-3H3,(H,16,17). The van der Waals surface area contributed by atoms with Gasteiger partial charge in [-0.2, -0.15) is 0 Å². The summed E-state index contributed by atoms with van der Waals surface area (Å²) in [5.74, 6) is 0.0975. The molecule has 0 radical (unpaired) electrons. The highest BCUT2D eigenvalue weighted by Gasteiger charge is 2.44. The molecular formula is C15H21NO2. The third-order valence-corrected chi connectivity index (χ3v) is 3.89. The minimum atomic E-state index is -0.312. The number of hydrogen-bond acceptors (Lipinski definition) is 2. The number of para-hydroxylation sites is 1. The zero-order valence-electron chi connectivity index (χ0n) is 11.4. The fourth-order valence-corrected chi connectivity index (χ4v) is 2.29. The number of anilines is 1. The lowest BCUT2D eigenvalue weighted by Gasteiger charge is -2.39. The molecule has 0 saturated carbocycles. The second-order valence-corrected chi connectivity index (χ2v) is 5.04. The van der Waals surface area contributed by atoms with Crippen LogP contribution in [-0.2, 0) is 16.0 Å². The number of rotatable bonds is 4. The average molecular weight is 247 g/mol. The fraction of sp³-hybridized carbons (Fsp3) is 0.533. The Balaban J connectivity index is 2.21. The van der Waals surface area contributed by atoms with Crippen molar-refractivity contribution in [1.29, 1.82) is 0 Å². The number of nitrogens with one attached hydrogen (secondary N) is 1. The Hall–Kier alpha value is -1.35. The molecule has 1 aliphatic heterocycles. The van der Waals surface area contributed by atoms with Gasteiger partial charge < -0.3 is 10.1 Å². The summed E-state index contributed by atoms with van der Waals surface area (Å²) < 4.78 is 5.21. The van der Waals surface area contributed by atoms with Crippen molar-refractivity contribution in [2.24, 2.45) is 5.41 Å². The smallest absolute Gasteiger partial charge is 0.235 e. The first-order valence-electron chi connectivity index (χ1n) is 6.60. The van der Waals surface area contributed by atoms with Crippen molar-refractivity contribution in [3.63, 3.8) is 0 Å². The first-order chi connectivity index (χ1) is 8.63. The third kappa shape index (κ3) is 2.15. The molecule has 2 rings (SSSR count). The third-order valence-electron chi connectivity index (χ3n) is 3.89. The Bertz CT molecular complexity index is 444. The molecule has 1 N–H and O–H groups in total. The number of amides is 1. The Morgan fingerprint density at radius 2 is 2.11 bits per heavy atom. The number of ether oxygens (including phenoxy) is 1. The van der Waals surface area contributed by atoms with Crippen LogP contribution in [0.25, 0.3) is 0 Å². The summed E-state index contributed by atoms with van der Waals surface area (Å²) in [5.41, 5.74) is 2.97. The van der Waals surface area contributed by atoms with E-state index < -0.39 is 0 Å². The monoisotopic (exact) mass is 247 g/mol. The van der Waals surface area contributed by atoms with Crippen LogP contribution in [0.5, 0.6) is 0 Å². The molecule has 18 heavy (non-hydrogen) atoms. The normalized spacial score (nSPS) is 17.1. The first kappa shape index (κ1) is 13.1. The van der Waals surface area contributed by atoms with Gasteiger partial charge in [-0.15, -0.1) is 0 Å². The van der Waals surface area contributed by atoms with E-state index in [9.17, 15) is 4.79 Å². The number of benzene rings is 1. The molecule has 3 heteroatoms. The maximum atomic E-state index is 12.4. The quantitative estimate of drug-likeness (QED) is 0.888. The molecular weight excluding hydrogens is 226 g/mol. The Labute approximate surface area is 109 Å². The van der Waals surface area contributed by atoms with Crippen molar-refractivity contribution >= 4 is 11.6 Å². The number of carbonyl (C=O) groups is 1. The summed E-state index contributed by atoms with van der Waals surface area (Å²) >= 11 is 0. The van der Waals surface area contributed by atoms with Crippen LogP contribution in [0.3, 0.4) is 0 Å². The van der Waals surface area contributed by atoms with Gasteiger partial charge in [0.05, 0.1) is 18.6 Å². The van der Waals surface area contributed by atoms with E-state index in [0.717, 1.165) is 24.1 Å². The molecule has 3 nitrogen and oxygen atoms in total. The second kappa shape index (κ2) is 5.11. The van der Waals surface area contributed by atoms with Crippen molar-refractivity contribution in [3.05, 3.63) is 29.3 Å². The van der Waals surface area contributed by atoms with Crippen LogP contribution in [-0.4, -0.2) is 19.1 Å². The second-order valence-electron chi connectivity index (χ2n) is 5.04. The summed E-state index contributed by atoms with van der Waals surface area (Å²) in [7, 11) is 0. The molecule has 1 fully saturated rings. The zero-order valence-corrected chi connectivity index (χ0v) is 11.4. The summed E-state index contributed by atoms with van der Waals surface area (Å²) in [5, 5.41) is 3.10. The van der Waals surface area contributed by atoms with E-state index in [-0.39, 0.29) is 11.3 Å². The predicted molar refractivity (Wildman–Crippen MR) is 72.7 cm³/mol. The van der Waals surface area contributed by atoms with Crippen molar-refractivity contribution in [3.8, 4) is 0 Å². The van der Waals surface area contributed by atoms with E-state index in [1.54, 1.807) is 0 Å². The van der Waals surface area contributed by atoms with E-state index in [4.69, 9.17) is 4.74 Å². The van der Waals surface area contributed by atoms with Crippen LogP contribution in [0, 0.1) is 12.3 Å². The van der Waals surface area contributed by atoms with Gasteiger partial charge in [-0.25, -0.2) is 0 Å². The molecule has 1 saturated heterocycles. The molecule has 0 bridgehead atoms. The first-order valence-corrected chi connectivity index (χ1v) is 6.60. The van der Waals surface area contributed by atoms with Gasteiger partial charge in [0, 0.05) is 5.69 Å². The van der Waals surface area contributed by atoms with E-state index in [1.165, 1.54) is 5.56 Å². The van der Waals surface area contributed by atoms with E-state index >= 15 is 0 Å². The van der Waals surface area contributed by atoms with Crippen molar-refractivity contribution in [2.75, 3.05) is 18.5 Å². The fourth-order valence-electron chi connectivity index (χ4n) is 2.29. The highest BCUT2D eigenvalue weighted by atomic mass is 16.5. The van der Waals surface area contributed by atoms with E-state index in [0.29, 0.717) is 13.2 Å². The maximum absolute atomic E-state index is 12.4. The lowest BCUT2D eigenvalue weighted by molar-refractivity contribution is -0.156. The van der Waals surface area contributed by atoms with Crippen LogP contribution >= 0.6 is 0 Å². The SMILES string of the molecule is CCc1cccc(C)c1NC(=O)C1(CC)COC1. The lowest BCUT2D eigenvalue weighted by Crippen LogP contribution is -2.51. The maximum Gasteiger partial charge on any atom is 0.235 e. The molecule has 0 aromatic heterocycles. The molecule has 1 aromatic carbocycles. The summed E-state index contributed by atoms with van der Waals surface area (Å²) in [6.45, 7) is 7.27. The Morgan fingerprint density at radius 1 is 1.39 bits per heavy atom. The summed E-state index contributed by atoms with van der Waals surface area (Å²) in [6.07, 6.45) is 1.75. The molecule has 0 atom stereocenters. The van der Waals surface area contributed by atoms with Gasteiger partial charge in [0.2, 0.25) is 5.91 Å². The van der Waals surface area contributed by atoms with Gasteiger partial charge in [0.15, 0.2) is 0 Å². The van der Waals surface area contributed by atoms with Gasteiger partial charge in [0.25, 0.3) is 0 Å². The average Bonchev–Trinajstić information content (AvgIpc) is 2.31. The minimum absolute atomic E-state index is 0.0975. The van der Waals surface area contributed by atoms with Gasteiger partial charge >= 0.3 is 0 Å². The highest BCUT2D eigenvalue weighted by molar-refractivity contribution is 5.97. The van der Waals surface area contributed by atoms with Gasteiger partial charge in [-0.05, 0) is 30.9 Å². The van der Waals surface area contributed by atoms with Crippen molar-refractivity contribution in [2.45, 2.75) is 33.6 Å². The molecule has 1 aromatic rings. The molecule has 1 amide bonds. The summed E-state index contributed by atoms with van der Waals surface area (Å²) in [4.78, 5) is 12.4. The van der Waals surface area contributed by atoms with Gasteiger partial charge in [0.1, 0.15) is 0 Å². The van der Waals surface area contributed by atoms with Crippen LogP contribution in [0.15, 0.2) is 18.2 Å². The molecule has 0 aliphatic carbocycles. The minimum Gasteiger partial charge on any atom is -0.379 e. The van der Waals surface area contributed by atoms with Crippen LogP contribution in [0.2, 0.25) is 0 Å². The Morgan fingerprint density at radius 3 is 2.61 bits per heavy atom. The topological polar surface area (TPSA) is 38.3 Å². The predicted octanol–water partition coefficient (Wildman–Crippen LogP) is 2.92. The highest BCUT2D eigenvalue weighted by Crippen LogP contribution is 2.33. The number of aryl methyl sites for hydroxylation is 2. The molecule has 0 unspecified atom stereocenters. The van der Waals surface area contributed by atoms with Gasteiger partial charge in [-0.1, -0.05) is 32.0 Å². The van der Waals surface area contributed by atoms with Crippen molar-refractivity contribution < 1.29 is 9.53 Å².